The number of hydrogen-bond donors (Lipinski definition) is 2. The summed E-state index contributed by atoms with van der Waals surface area (Å²) in [6.45, 7) is 6.11. The monoisotopic (exact) mass is 307 g/mol. The number of carbonyl (C=O) groups excluding carboxylic acids is 1. The number of carbonyl (C=O) groups is 1. The lowest BCUT2D eigenvalue weighted by Gasteiger charge is -2.39. The highest BCUT2D eigenvalue weighted by Gasteiger charge is 2.31. The normalized spacial score (nSPS) is 20.0. The fourth-order valence-corrected chi connectivity index (χ4v) is 2.61. The van der Waals surface area contributed by atoms with E-state index in [1.165, 1.54) is 12.8 Å². The molecule has 1 aromatic carbocycles. The Morgan fingerprint density at radius 1 is 1.43 bits per heavy atom. The van der Waals surface area contributed by atoms with Crippen molar-refractivity contribution in [3.63, 3.8) is 0 Å². The third kappa shape index (κ3) is 4.45. The van der Waals surface area contributed by atoms with E-state index in [0.29, 0.717) is 23.7 Å². The topological polar surface area (TPSA) is 64.9 Å². The van der Waals surface area contributed by atoms with Crippen molar-refractivity contribution >= 4 is 18.3 Å². The Bertz CT molecular complexity index is 519. The van der Waals surface area contributed by atoms with Crippen molar-refractivity contribution in [1.82, 2.24) is 10.6 Å². The van der Waals surface area contributed by atoms with Crippen molar-refractivity contribution < 1.29 is 4.79 Å². The lowest BCUT2D eigenvalue weighted by atomic mass is 9.77. The summed E-state index contributed by atoms with van der Waals surface area (Å²) >= 11 is 0. The predicted octanol–water partition coefficient (Wildman–Crippen LogP) is 2.49. The number of piperidine rings is 1. The Kier molecular flexibility index (Phi) is 6.19. The number of halogens is 1. The van der Waals surface area contributed by atoms with Gasteiger partial charge in [0, 0.05) is 18.2 Å². The summed E-state index contributed by atoms with van der Waals surface area (Å²) in [6, 6.07) is 9.05. The van der Waals surface area contributed by atoms with E-state index in [9.17, 15) is 4.79 Å². The molecule has 1 fully saturated rings. The summed E-state index contributed by atoms with van der Waals surface area (Å²) in [5.74, 6) is -0.0855. The van der Waals surface area contributed by atoms with Crippen LogP contribution in [0.2, 0.25) is 0 Å². The molecule has 0 bridgehead atoms. The van der Waals surface area contributed by atoms with Crippen molar-refractivity contribution in [2.24, 2.45) is 5.41 Å². The molecule has 1 saturated heterocycles. The first-order valence-electron chi connectivity index (χ1n) is 7.05. The molecule has 1 amide bonds. The molecule has 1 aliphatic rings. The third-order valence-electron chi connectivity index (χ3n) is 4.07. The van der Waals surface area contributed by atoms with Crippen molar-refractivity contribution in [1.29, 1.82) is 5.26 Å². The lowest BCUT2D eigenvalue weighted by Crippen LogP contribution is -2.52. The zero-order valence-electron chi connectivity index (χ0n) is 12.5. The molecule has 0 aliphatic carbocycles. The standard InChI is InChI=1S/C16H21N3O.ClH/c1-16(2)8-3-9-18-14(16)11-19-15(20)13-6-4-12(10-17)5-7-13;/h4-7,14,18H,3,8-9,11H2,1-2H3,(H,19,20);1H. The first-order chi connectivity index (χ1) is 9.53. The SMILES string of the molecule is CC1(C)CCCNC1CNC(=O)c1ccc(C#N)cc1.Cl. The Morgan fingerprint density at radius 2 is 2.10 bits per heavy atom. The van der Waals surface area contributed by atoms with E-state index >= 15 is 0 Å². The number of nitriles is 1. The highest BCUT2D eigenvalue weighted by molar-refractivity contribution is 5.94. The number of rotatable bonds is 3. The van der Waals surface area contributed by atoms with E-state index in [-0.39, 0.29) is 23.7 Å². The van der Waals surface area contributed by atoms with Gasteiger partial charge in [-0.15, -0.1) is 12.4 Å². The summed E-state index contributed by atoms with van der Waals surface area (Å²) in [5, 5.41) is 15.2. The van der Waals surface area contributed by atoms with Crippen LogP contribution in [0.5, 0.6) is 0 Å². The van der Waals surface area contributed by atoms with Gasteiger partial charge < -0.3 is 10.6 Å². The summed E-state index contributed by atoms with van der Waals surface area (Å²) < 4.78 is 0. The molecule has 4 nitrogen and oxygen atoms in total. The van der Waals surface area contributed by atoms with Crippen LogP contribution in [0.4, 0.5) is 0 Å². The van der Waals surface area contributed by atoms with Gasteiger partial charge in [-0.3, -0.25) is 4.79 Å². The molecular weight excluding hydrogens is 286 g/mol. The minimum absolute atomic E-state index is 0. The van der Waals surface area contributed by atoms with Crippen molar-refractivity contribution in [2.45, 2.75) is 32.7 Å². The number of benzene rings is 1. The molecule has 2 rings (SSSR count). The fraction of sp³-hybridized carbons (Fsp3) is 0.500. The molecule has 1 unspecified atom stereocenters. The maximum absolute atomic E-state index is 12.1. The van der Waals surface area contributed by atoms with Crippen LogP contribution in [0, 0.1) is 16.7 Å². The average molecular weight is 308 g/mol. The van der Waals surface area contributed by atoms with Crippen LogP contribution >= 0.6 is 12.4 Å². The van der Waals surface area contributed by atoms with Gasteiger partial charge in [-0.05, 0) is 49.1 Å². The minimum atomic E-state index is -0.0855. The Balaban J connectivity index is 0.00000220. The first kappa shape index (κ1) is 17.5. The van der Waals surface area contributed by atoms with Crippen LogP contribution in [0.3, 0.4) is 0 Å². The predicted molar refractivity (Wildman–Crippen MR) is 85.5 cm³/mol. The fourth-order valence-electron chi connectivity index (χ4n) is 2.61. The second-order valence-electron chi connectivity index (χ2n) is 6.00. The molecule has 5 heteroatoms. The zero-order chi connectivity index (χ0) is 14.6. The zero-order valence-corrected chi connectivity index (χ0v) is 13.3. The number of nitrogens with one attached hydrogen (secondary N) is 2. The smallest absolute Gasteiger partial charge is 0.251 e. The second kappa shape index (κ2) is 7.44. The number of hydrogen-bond acceptors (Lipinski definition) is 3. The van der Waals surface area contributed by atoms with Crippen molar-refractivity contribution in [2.75, 3.05) is 13.1 Å². The molecule has 1 heterocycles. The van der Waals surface area contributed by atoms with Crippen molar-refractivity contribution in [3.8, 4) is 6.07 Å². The van der Waals surface area contributed by atoms with E-state index in [1.807, 2.05) is 6.07 Å². The highest BCUT2D eigenvalue weighted by atomic mass is 35.5. The first-order valence-corrected chi connectivity index (χ1v) is 7.05. The third-order valence-corrected chi connectivity index (χ3v) is 4.07. The van der Waals surface area contributed by atoms with E-state index in [4.69, 9.17) is 5.26 Å². The van der Waals surface area contributed by atoms with Gasteiger partial charge in [-0.2, -0.15) is 5.26 Å². The largest absolute Gasteiger partial charge is 0.350 e. The summed E-state index contributed by atoms with van der Waals surface area (Å²) in [7, 11) is 0. The molecule has 1 aliphatic heterocycles. The molecule has 0 radical (unpaired) electrons. The quantitative estimate of drug-likeness (QED) is 0.901. The average Bonchev–Trinajstić information content (AvgIpc) is 2.45. The Labute approximate surface area is 132 Å². The van der Waals surface area contributed by atoms with E-state index in [2.05, 4.69) is 24.5 Å². The molecule has 1 aromatic rings. The van der Waals surface area contributed by atoms with Crippen LogP contribution in [-0.2, 0) is 0 Å². The van der Waals surface area contributed by atoms with E-state index < -0.39 is 0 Å². The maximum Gasteiger partial charge on any atom is 0.251 e. The van der Waals surface area contributed by atoms with Gasteiger partial charge in [0.25, 0.3) is 5.91 Å². The number of amides is 1. The molecule has 0 saturated carbocycles. The van der Waals surface area contributed by atoms with Gasteiger partial charge in [0.2, 0.25) is 0 Å². The van der Waals surface area contributed by atoms with Crippen LogP contribution in [0.25, 0.3) is 0 Å². The van der Waals surface area contributed by atoms with E-state index in [0.717, 1.165) is 6.54 Å². The lowest BCUT2D eigenvalue weighted by molar-refractivity contribution is 0.0929. The summed E-state index contributed by atoms with van der Waals surface area (Å²) in [4.78, 5) is 12.1. The summed E-state index contributed by atoms with van der Waals surface area (Å²) in [6.07, 6.45) is 2.37. The highest BCUT2D eigenvalue weighted by Crippen LogP contribution is 2.29. The number of nitrogens with zero attached hydrogens (tertiary/aromatic N) is 1. The molecule has 0 aromatic heterocycles. The van der Waals surface area contributed by atoms with Gasteiger partial charge in [0.15, 0.2) is 0 Å². The van der Waals surface area contributed by atoms with Gasteiger partial charge in [-0.1, -0.05) is 13.8 Å². The molecule has 114 valence electrons. The molecule has 0 spiro atoms. The minimum Gasteiger partial charge on any atom is -0.350 e. The molecule has 21 heavy (non-hydrogen) atoms. The molecule has 2 N–H and O–H groups in total. The van der Waals surface area contributed by atoms with Crippen LogP contribution in [-0.4, -0.2) is 25.0 Å². The summed E-state index contributed by atoms with van der Waals surface area (Å²) in [5.41, 5.74) is 1.37. The van der Waals surface area contributed by atoms with Gasteiger partial charge in [0.1, 0.15) is 0 Å². The van der Waals surface area contributed by atoms with Crippen LogP contribution in [0.15, 0.2) is 24.3 Å². The Hall–Kier alpha value is -1.57. The molecular formula is C16H22ClN3O. The van der Waals surface area contributed by atoms with Gasteiger partial charge in [0.05, 0.1) is 11.6 Å². The second-order valence-corrected chi connectivity index (χ2v) is 6.00. The van der Waals surface area contributed by atoms with Gasteiger partial charge in [-0.25, -0.2) is 0 Å². The maximum atomic E-state index is 12.1. The van der Waals surface area contributed by atoms with E-state index in [1.54, 1.807) is 24.3 Å². The van der Waals surface area contributed by atoms with Crippen molar-refractivity contribution in [3.05, 3.63) is 35.4 Å². The van der Waals surface area contributed by atoms with Crippen LogP contribution in [0.1, 0.15) is 42.6 Å². The van der Waals surface area contributed by atoms with Crippen LogP contribution < -0.4 is 10.6 Å². The Morgan fingerprint density at radius 3 is 2.67 bits per heavy atom. The molecule has 1 atom stereocenters. The van der Waals surface area contributed by atoms with Gasteiger partial charge >= 0.3 is 0 Å².